The van der Waals surface area contributed by atoms with Gasteiger partial charge in [0.2, 0.25) is 0 Å². The lowest BCUT2D eigenvalue weighted by atomic mass is 10.1. The topological polar surface area (TPSA) is 28.5 Å². The van der Waals surface area contributed by atoms with Crippen LogP contribution in [0.15, 0.2) is 48.5 Å². The predicted octanol–water partition coefficient (Wildman–Crippen LogP) is 5.58. The molecule has 1 aromatic heterocycles. The molecule has 2 heterocycles. The SMILES string of the molecule is Cc1c(C)c(C(=O)N2CCN(c3ccccc3F)CC2)n(Cc2cccc(C(F)(F)F)c2)c1C. The summed E-state index contributed by atoms with van der Waals surface area (Å²) >= 11 is 0. The number of nitrogens with zero attached hydrogens (tertiary/aromatic N) is 3. The zero-order valence-electron chi connectivity index (χ0n) is 19.4. The van der Waals surface area contributed by atoms with Crippen LogP contribution in [0.25, 0.3) is 0 Å². The number of carbonyl (C=O) groups excluding carboxylic acids is 1. The Morgan fingerprint density at radius 3 is 2.24 bits per heavy atom. The molecule has 1 saturated heterocycles. The zero-order chi connectivity index (χ0) is 24.6. The molecule has 1 aliphatic rings. The summed E-state index contributed by atoms with van der Waals surface area (Å²) < 4.78 is 55.5. The summed E-state index contributed by atoms with van der Waals surface area (Å²) in [5, 5.41) is 0. The number of amides is 1. The van der Waals surface area contributed by atoms with Crippen LogP contribution in [0, 0.1) is 26.6 Å². The second kappa shape index (κ2) is 9.16. The first kappa shape index (κ1) is 23.9. The summed E-state index contributed by atoms with van der Waals surface area (Å²) in [5.41, 5.74) is 3.40. The van der Waals surface area contributed by atoms with E-state index in [0.717, 1.165) is 29.0 Å². The second-order valence-corrected chi connectivity index (χ2v) is 8.70. The molecule has 180 valence electrons. The number of benzene rings is 2. The van der Waals surface area contributed by atoms with E-state index in [1.165, 1.54) is 12.1 Å². The first-order chi connectivity index (χ1) is 16.1. The Morgan fingerprint density at radius 1 is 0.912 bits per heavy atom. The molecule has 4 rings (SSSR count). The maximum Gasteiger partial charge on any atom is 0.416 e. The lowest BCUT2D eigenvalue weighted by Crippen LogP contribution is -2.49. The first-order valence-corrected chi connectivity index (χ1v) is 11.2. The Hall–Kier alpha value is -3.29. The van der Waals surface area contributed by atoms with Gasteiger partial charge >= 0.3 is 6.18 Å². The Kier molecular flexibility index (Phi) is 6.43. The fraction of sp³-hybridized carbons (Fsp3) is 0.346. The molecule has 0 unspecified atom stereocenters. The molecule has 0 saturated carbocycles. The quantitative estimate of drug-likeness (QED) is 0.463. The van der Waals surface area contributed by atoms with Crippen LogP contribution in [-0.4, -0.2) is 41.6 Å². The van der Waals surface area contributed by atoms with Crippen molar-refractivity contribution >= 4 is 11.6 Å². The number of carbonyl (C=O) groups is 1. The van der Waals surface area contributed by atoms with Crippen molar-refractivity contribution in [3.63, 3.8) is 0 Å². The molecule has 0 radical (unpaired) electrons. The predicted molar refractivity (Wildman–Crippen MR) is 124 cm³/mol. The second-order valence-electron chi connectivity index (χ2n) is 8.70. The third-order valence-corrected chi connectivity index (χ3v) is 6.69. The van der Waals surface area contributed by atoms with Gasteiger partial charge in [-0.15, -0.1) is 0 Å². The van der Waals surface area contributed by atoms with E-state index in [0.29, 0.717) is 43.1 Å². The van der Waals surface area contributed by atoms with Gasteiger partial charge in [-0.2, -0.15) is 13.2 Å². The highest BCUT2D eigenvalue weighted by molar-refractivity contribution is 5.95. The van der Waals surface area contributed by atoms with E-state index in [1.807, 2.05) is 30.2 Å². The molecule has 34 heavy (non-hydrogen) atoms. The normalized spacial score (nSPS) is 14.6. The average molecular weight is 474 g/mol. The van der Waals surface area contributed by atoms with Gasteiger partial charge in [-0.3, -0.25) is 4.79 Å². The van der Waals surface area contributed by atoms with E-state index in [2.05, 4.69) is 0 Å². The highest BCUT2D eigenvalue weighted by Crippen LogP contribution is 2.31. The van der Waals surface area contributed by atoms with Crippen molar-refractivity contribution in [2.45, 2.75) is 33.5 Å². The highest BCUT2D eigenvalue weighted by atomic mass is 19.4. The molecule has 4 nitrogen and oxygen atoms in total. The van der Waals surface area contributed by atoms with Crippen molar-refractivity contribution in [1.82, 2.24) is 9.47 Å². The smallest absolute Gasteiger partial charge is 0.366 e. The van der Waals surface area contributed by atoms with Crippen molar-refractivity contribution in [2.24, 2.45) is 0 Å². The molecular weight excluding hydrogens is 446 g/mol. The molecule has 1 fully saturated rings. The van der Waals surface area contributed by atoms with Crippen LogP contribution in [0.1, 0.15) is 38.4 Å². The molecule has 3 aromatic rings. The molecule has 2 aromatic carbocycles. The van der Waals surface area contributed by atoms with Crippen molar-refractivity contribution in [2.75, 3.05) is 31.1 Å². The van der Waals surface area contributed by atoms with Gasteiger partial charge in [0.15, 0.2) is 0 Å². The maximum atomic E-state index is 14.2. The minimum Gasteiger partial charge on any atom is -0.366 e. The molecular formula is C26H27F4N3O. The van der Waals surface area contributed by atoms with E-state index in [-0.39, 0.29) is 18.3 Å². The first-order valence-electron chi connectivity index (χ1n) is 11.2. The van der Waals surface area contributed by atoms with Gasteiger partial charge < -0.3 is 14.4 Å². The van der Waals surface area contributed by atoms with Gasteiger partial charge in [-0.25, -0.2) is 4.39 Å². The van der Waals surface area contributed by atoms with Crippen molar-refractivity contribution in [3.05, 3.63) is 88.0 Å². The summed E-state index contributed by atoms with van der Waals surface area (Å²) in [6.07, 6.45) is -4.43. The lowest BCUT2D eigenvalue weighted by Gasteiger charge is -2.36. The average Bonchev–Trinajstić information content (AvgIpc) is 3.02. The van der Waals surface area contributed by atoms with Crippen LogP contribution < -0.4 is 4.90 Å². The fourth-order valence-corrected chi connectivity index (χ4v) is 4.53. The minimum atomic E-state index is -4.43. The highest BCUT2D eigenvalue weighted by Gasteiger charge is 2.31. The van der Waals surface area contributed by atoms with E-state index < -0.39 is 11.7 Å². The Labute approximate surface area is 196 Å². The molecule has 1 amide bonds. The Balaban J connectivity index is 1.58. The molecule has 0 spiro atoms. The van der Waals surface area contributed by atoms with Crippen LogP contribution in [0.2, 0.25) is 0 Å². The summed E-state index contributed by atoms with van der Waals surface area (Å²) in [6.45, 7) is 7.69. The number of hydrogen-bond acceptors (Lipinski definition) is 2. The Bertz CT molecular complexity index is 1210. The summed E-state index contributed by atoms with van der Waals surface area (Å²) in [7, 11) is 0. The van der Waals surface area contributed by atoms with Crippen molar-refractivity contribution in [1.29, 1.82) is 0 Å². The number of anilines is 1. The molecule has 0 bridgehead atoms. The van der Waals surface area contributed by atoms with E-state index >= 15 is 0 Å². The van der Waals surface area contributed by atoms with Crippen LogP contribution in [0.4, 0.5) is 23.2 Å². The number of para-hydroxylation sites is 1. The van der Waals surface area contributed by atoms with Gasteiger partial charge in [-0.05, 0) is 61.7 Å². The molecule has 8 heteroatoms. The molecule has 1 aliphatic heterocycles. The summed E-state index contributed by atoms with van der Waals surface area (Å²) in [5.74, 6) is -0.451. The number of piperazine rings is 1. The number of hydrogen-bond donors (Lipinski definition) is 0. The maximum absolute atomic E-state index is 14.2. The largest absolute Gasteiger partial charge is 0.416 e. The van der Waals surface area contributed by atoms with Crippen LogP contribution in [0.5, 0.6) is 0 Å². The van der Waals surface area contributed by atoms with Crippen molar-refractivity contribution < 1.29 is 22.4 Å². The number of halogens is 4. The van der Waals surface area contributed by atoms with Gasteiger partial charge in [-0.1, -0.05) is 24.3 Å². The van der Waals surface area contributed by atoms with Crippen LogP contribution in [0.3, 0.4) is 0 Å². The van der Waals surface area contributed by atoms with E-state index in [4.69, 9.17) is 0 Å². The minimum absolute atomic E-state index is 0.158. The fourth-order valence-electron chi connectivity index (χ4n) is 4.53. The molecule has 0 atom stereocenters. The number of rotatable bonds is 4. The number of alkyl halides is 3. The van der Waals surface area contributed by atoms with E-state index in [1.54, 1.807) is 29.2 Å². The third kappa shape index (κ3) is 4.54. The van der Waals surface area contributed by atoms with Gasteiger partial charge in [0.05, 0.1) is 11.3 Å². The van der Waals surface area contributed by atoms with Gasteiger partial charge in [0, 0.05) is 38.4 Å². The van der Waals surface area contributed by atoms with Crippen molar-refractivity contribution in [3.8, 4) is 0 Å². The summed E-state index contributed by atoms with van der Waals surface area (Å²) in [4.78, 5) is 17.2. The van der Waals surface area contributed by atoms with Crippen LogP contribution >= 0.6 is 0 Å². The third-order valence-electron chi connectivity index (χ3n) is 6.69. The lowest BCUT2D eigenvalue weighted by molar-refractivity contribution is -0.137. The standard InChI is InChI=1S/C26H27F4N3O/c1-17-18(2)24(33(19(17)3)16-20-7-6-8-21(15-20)26(28,29)30)25(34)32-13-11-31(12-14-32)23-10-5-4-9-22(23)27/h4-10,15H,11-14,16H2,1-3H3. The van der Waals surface area contributed by atoms with Crippen LogP contribution in [-0.2, 0) is 12.7 Å². The monoisotopic (exact) mass is 473 g/mol. The Morgan fingerprint density at radius 2 is 1.59 bits per heavy atom. The van der Waals surface area contributed by atoms with E-state index in [9.17, 15) is 22.4 Å². The number of aromatic nitrogens is 1. The molecule has 0 aliphatic carbocycles. The molecule has 0 N–H and O–H groups in total. The van der Waals surface area contributed by atoms with Gasteiger partial charge in [0.25, 0.3) is 5.91 Å². The zero-order valence-corrected chi connectivity index (χ0v) is 19.4. The summed E-state index contributed by atoms with van der Waals surface area (Å²) in [6, 6.07) is 11.8. The van der Waals surface area contributed by atoms with Gasteiger partial charge in [0.1, 0.15) is 11.5 Å².